The summed E-state index contributed by atoms with van der Waals surface area (Å²) in [4.78, 5) is 12.6. The van der Waals surface area contributed by atoms with E-state index < -0.39 is 27.8 Å². The van der Waals surface area contributed by atoms with Gasteiger partial charge in [-0.1, -0.05) is 11.6 Å². The van der Waals surface area contributed by atoms with Crippen LogP contribution in [0, 0.1) is 5.82 Å². The first kappa shape index (κ1) is 20.0. The van der Waals surface area contributed by atoms with Crippen molar-refractivity contribution in [3.63, 3.8) is 0 Å². The second-order valence-corrected chi connectivity index (χ2v) is 7.84. The third-order valence-corrected chi connectivity index (χ3v) is 5.04. The smallest absolute Gasteiger partial charge is 0.247 e. The van der Waals surface area contributed by atoms with Crippen LogP contribution in [0.1, 0.15) is 6.92 Å². The van der Waals surface area contributed by atoms with Crippen LogP contribution in [0.4, 0.5) is 15.8 Å². The molecule has 0 bridgehead atoms. The van der Waals surface area contributed by atoms with Crippen LogP contribution in [0.5, 0.6) is 5.75 Å². The molecule has 1 atom stereocenters. The van der Waals surface area contributed by atoms with Crippen LogP contribution in [0.25, 0.3) is 0 Å². The maximum absolute atomic E-state index is 13.0. The summed E-state index contributed by atoms with van der Waals surface area (Å²) in [5.41, 5.74) is 0.485. The van der Waals surface area contributed by atoms with E-state index in [1.807, 2.05) is 0 Å². The highest BCUT2D eigenvalue weighted by molar-refractivity contribution is 7.92. The largest absolute Gasteiger partial charge is 0.495 e. The number of nitrogens with zero attached hydrogens (tertiary/aromatic N) is 1. The average Bonchev–Trinajstić information content (AvgIpc) is 2.56. The lowest BCUT2D eigenvalue weighted by Crippen LogP contribution is -2.45. The van der Waals surface area contributed by atoms with E-state index in [2.05, 4.69) is 5.32 Å². The van der Waals surface area contributed by atoms with E-state index >= 15 is 0 Å². The lowest BCUT2D eigenvalue weighted by molar-refractivity contribution is -0.116. The van der Waals surface area contributed by atoms with Crippen LogP contribution < -0.4 is 14.4 Å². The number of hydrogen-bond acceptors (Lipinski definition) is 4. The Balaban J connectivity index is 2.39. The van der Waals surface area contributed by atoms with Gasteiger partial charge < -0.3 is 10.1 Å². The highest BCUT2D eigenvalue weighted by Gasteiger charge is 2.31. The number of halogens is 2. The molecule has 0 radical (unpaired) electrons. The number of amides is 1. The second-order valence-electron chi connectivity index (χ2n) is 5.55. The molecule has 0 spiro atoms. The minimum Gasteiger partial charge on any atom is -0.495 e. The Bertz CT molecular complexity index is 903. The molecule has 0 saturated heterocycles. The zero-order chi connectivity index (χ0) is 19.5. The Labute approximate surface area is 156 Å². The molecule has 0 aliphatic rings. The number of nitrogens with one attached hydrogen (secondary N) is 1. The topological polar surface area (TPSA) is 75.7 Å². The van der Waals surface area contributed by atoms with Crippen molar-refractivity contribution >= 4 is 38.9 Å². The molecule has 0 aromatic heterocycles. The number of hydrogen-bond donors (Lipinski definition) is 1. The van der Waals surface area contributed by atoms with Crippen molar-refractivity contribution in [2.24, 2.45) is 0 Å². The van der Waals surface area contributed by atoms with Gasteiger partial charge in [0, 0.05) is 10.7 Å². The summed E-state index contributed by atoms with van der Waals surface area (Å²) in [6, 6.07) is 8.50. The van der Waals surface area contributed by atoms with Gasteiger partial charge in [0.05, 0.1) is 19.1 Å². The predicted octanol–water partition coefficient (Wildman–Crippen LogP) is 3.28. The maximum atomic E-state index is 13.0. The van der Waals surface area contributed by atoms with Gasteiger partial charge in [0.1, 0.15) is 17.6 Å². The molecule has 1 amide bonds. The number of benzene rings is 2. The zero-order valence-corrected chi connectivity index (χ0v) is 15.9. The number of carbonyl (C=O) groups is 1. The fraction of sp³-hybridized carbons (Fsp3) is 0.235. The van der Waals surface area contributed by atoms with Crippen LogP contribution in [0.2, 0.25) is 5.02 Å². The average molecular weight is 401 g/mol. The van der Waals surface area contributed by atoms with E-state index in [0.29, 0.717) is 10.7 Å². The first-order chi connectivity index (χ1) is 12.1. The van der Waals surface area contributed by atoms with Gasteiger partial charge in [0.25, 0.3) is 0 Å². The molecule has 26 heavy (non-hydrogen) atoms. The van der Waals surface area contributed by atoms with E-state index in [0.717, 1.165) is 10.6 Å². The molecule has 140 valence electrons. The van der Waals surface area contributed by atoms with Gasteiger partial charge in [-0.15, -0.1) is 0 Å². The van der Waals surface area contributed by atoms with E-state index in [1.165, 1.54) is 50.4 Å². The summed E-state index contributed by atoms with van der Waals surface area (Å²) in [7, 11) is -2.45. The molecule has 2 aromatic rings. The molecule has 0 heterocycles. The second kappa shape index (κ2) is 7.92. The summed E-state index contributed by atoms with van der Waals surface area (Å²) >= 11 is 5.98. The van der Waals surface area contributed by atoms with Gasteiger partial charge in [0.2, 0.25) is 15.9 Å². The van der Waals surface area contributed by atoms with E-state index in [4.69, 9.17) is 16.3 Å². The van der Waals surface area contributed by atoms with Crippen molar-refractivity contribution in [1.29, 1.82) is 0 Å². The van der Waals surface area contributed by atoms with Gasteiger partial charge in [-0.05, 0) is 49.4 Å². The summed E-state index contributed by atoms with van der Waals surface area (Å²) in [5, 5.41) is 2.85. The highest BCUT2D eigenvalue weighted by atomic mass is 35.5. The molecule has 0 aliphatic carbocycles. The maximum Gasteiger partial charge on any atom is 0.247 e. The Kier molecular flexibility index (Phi) is 6.09. The fourth-order valence-electron chi connectivity index (χ4n) is 2.40. The van der Waals surface area contributed by atoms with E-state index in [-0.39, 0.29) is 11.4 Å². The fourth-order valence-corrected chi connectivity index (χ4v) is 3.73. The molecule has 0 fully saturated rings. The molecule has 6 nitrogen and oxygen atoms in total. The summed E-state index contributed by atoms with van der Waals surface area (Å²) in [6.45, 7) is 1.43. The van der Waals surface area contributed by atoms with Crippen molar-refractivity contribution in [2.45, 2.75) is 13.0 Å². The number of methoxy groups -OCH3 is 1. The number of ether oxygens (including phenoxy) is 1. The van der Waals surface area contributed by atoms with Crippen LogP contribution >= 0.6 is 11.6 Å². The third-order valence-electron chi connectivity index (χ3n) is 3.58. The SMILES string of the molecule is COc1ccc(Cl)cc1N([C@H](C)C(=O)Nc1ccc(F)cc1)S(C)(=O)=O. The predicted molar refractivity (Wildman–Crippen MR) is 99.8 cm³/mol. The molecule has 9 heteroatoms. The highest BCUT2D eigenvalue weighted by Crippen LogP contribution is 2.34. The Morgan fingerprint density at radius 2 is 1.85 bits per heavy atom. The Morgan fingerprint density at radius 3 is 2.38 bits per heavy atom. The normalized spacial score (nSPS) is 12.3. The van der Waals surface area contributed by atoms with Crippen molar-refractivity contribution in [1.82, 2.24) is 0 Å². The van der Waals surface area contributed by atoms with Crippen molar-refractivity contribution < 1.29 is 22.3 Å². The summed E-state index contributed by atoms with van der Waals surface area (Å²) in [5.74, 6) is -0.789. The van der Waals surface area contributed by atoms with Crippen LogP contribution in [0.3, 0.4) is 0 Å². The molecule has 0 aliphatic heterocycles. The van der Waals surface area contributed by atoms with Crippen LogP contribution in [-0.4, -0.2) is 33.7 Å². The molecule has 1 N–H and O–H groups in total. The quantitative estimate of drug-likeness (QED) is 0.807. The van der Waals surface area contributed by atoms with Gasteiger partial charge in [-0.3, -0.25) is 9.10 Å². The Morgan fingerprint density at radius 1 is 1.23 bits per heavy atom. The van der Waals surface area contributed by atoms with E-state index in [1.54, 1.807) is 6.07 Å². The first-order valence-electron chi connectivity index (χ1n) is 7.53. The lowest BCUT2D eigenvalue weighted by Gasteiger charge is -2.29. The minimum absolute atomic E-state index is 0.143. The van der Waals surface area contributed by atoms with E-state index in [9.17, 15) is 17.6 Å². The summed E-state index contributed by atoms with van der Waals surface area (Å²) < 4.78 is 43.8. The number of anilines is 2. The van der Waals surface area contributed by atoms with Gasteiger partial charge >= 0.3 is 0 Å². The van der Waals surface area contributed by atoms with Crippen molar-refractivity contribution in [2.75, 3.05) is 23.0 Å². The monoisotopic (exact) mass is 400 g/mol. The molecule has 0 unspecified atom stereocenters. The minimum atomic E-state index is -3.84. The van der Waals surface area contributed by atoms with Crippen LogP contribution in [0.15, 0.2) is 42.5 Å². The van der Waals surface area contributed by atoms with Crippen LogP contribution in [-0.2, 0) is 14.8 Å². The van der Waals surface area contributed by atoms with Crippen molar-refractivity contribution in [3.05, 3.63) is 53.3 Å². The molecular weight excluding hydrogens is 383 g/mol. The number of carbonyl (C=O) groups excluding carboxylic acids is 1. The molecule has 2 aromatic carbocycles. The van der Waals surface area contributed by atoms with Crippen molar-refractivity contribution in [3.8, 4) is 5.75 Å². The zero-order valence-electron chi connectivity index (χ0n) is 14.4. The lowest BCUT2D eigenvalue weighted by atomic mass is 10.2. The molecular formula is C17H18ClFN2O4S. The molecule has 2 rings (SSSR count). The third kappa shape index (κ3) is 4.64. The number of rotatable bonds is 6. The van der Waals surface area contributed by atoms with Gasteiger partial charge in [-0.2, -0.15) is 0 Å². The standard InChI is InChI=1S/C17H18ClFN2O4S/c1-11(17(22)20-14-7-5-13(19)6-8-14)21(26(3,23)24)15-10-12(18)4-9-16(15)25-2/h4-11H,1-3H3,(H,20,22)/t11-/m1/s1. The van der Waals surface area contributed by atoms with Gasteiger partial charge in [-0.25, -0.2) is 12.8 Å². The van der Waals surface area contributed by atoms with Gasteiger partial charge in [0.15, 0.2) is 0 Å². The molecule has 0 saturated carbocycles. The summed E-state index contributed by atoms with van der Waals surface area (Å²) in [6.07, 6.45) is 0.981. The number of sulfonamides is 1. The first-order valence-corrected chi connectivity index (χ1v) is 9.75. The Hall–Kier alpha value is -2.32.